The number of thioether (sulfide) groups is 1. The van der Waals surface area contributed by atoms with Gasteiger partial charge in [0.25, 0.3) is 5.56 Å². The van der Waals surface area contributed by atoms with Gasteiger partial charge >= 0.3 is 6.03 Å². The van der Waals surface area contributed by atoms with Gasteiger partial charge in [0.15, 0.2) is 0 Å². The third-order valence-electron chi connectivity index (χ3n) is 6.31. The Labute approximate surface area is 192 Å². The van der Waals surface area contributed by atoms with E-state index in [9.17, 15) is 14.4 Å². The van der Waals surface area contributed by atoms with E-state index in [1.807, 2.05) is 53.0 Å². The highest BCUT2D eigenvalue weighted by atomic mass is 32.2. The average Bonchev–Trinajstić information content (AvgIpc) is 2.78. The van der Waals surface area contributed by atoms with Gasteiger partial charge in [0.2, 0.25) is 5.91 Å². The Hall–Kier alpha value is -2.74. The number of urea groups is 1. The van der Waals surface area contributed by atoms with Gasteiger partial charge in [-0.15, -0.1) is 0 Å². The number of nitrogens with zero attached hydrogens (tertiary/aromatic N) is 2. The molecule has 2 aliphatic heterocycles. The molecule has 8 heteroatoms. The lowest BCUT2D eigenvalue weighted by Gasteiger charge is -2.43. The van der Waals surface area contributed by atoms with Crippen molar-refractivity contribution in [1.82, 2.24) is 14.8 Å². The van der Waals surface area contributed by atoms with Gasteiger partial charge in [0.05, 0.1) is 0 Å². The number of carbonyl (C=O) groups excluding carboxylic acids is 2. The van der Waals surface area contributed by atoms with E-state index in [-0.39, 0.29) is 29.3 Å². The molecule has 3 heterocycles. The first-order valence-electron chi connectivity index (χ1n) is 11.1. The Morgan fingerprint density at radius 2 is 1.91 bits per heavy atom. The van der Waals surface area contributed by atoms with Crippen molar-refractivity contribution in [3.8, 4) is 0 Å². The van der Waals surface area contributed by atoms with Crippen LogP contribution in [0.1, 0.15) is 30.0 Å². The lowest BCUT2D eigenvalue weighted by Crippen LogP contribution is -2.55. The van der Waals surface area contributed by atoms with E-state index in [1.54, 1.807) is 23.9 Å². The van der Waals surface area contributed by atoms with Crippen LogP contribution in [0.3, 0.4) is 0 Å². The monoisotopic (exact) mass is 454 g/mol. The molecule has 3 amide bonds. The fourth-order valence-electron chi connectivity index (χ4n) is 4.67. The zero-order valence-electron chi connectivity index (χ0n) is 18.5. The maximum atomic E-state index is 13.1. The second kappa shape index (κ2) is 9.81. The molecule has 1 saturated heterocycles. The van der Waals surface area contributed by atoms with Gasteiger partial charge in [-0.2, -0.15) is 11.8 Å². The standard InChI is InChI=1S/C24H30N4O3S/c1-16-6-8-19(9-7-16)25-23(30)20(10-11-32-2)26-24(31)27-13-17-12-18(15-27)21-4-3-5-22(29)28(21)14-17/h3-9,17-18,20H,10-15H2,1-2H3,(H,25,30)(H,26,31)/t17-,18+,20-/m0/s1. The summed E-state index contributed by atoms with van der Waals surface area (Å²) in [7, 11) is 0. The Balaban J connectivity index is 1.43. The van der Waals surface area contributed by atoms with E-state index in [1.165, 1.54) is 0 Å². The summed E-state index contributed by atoms with van der Waals surface area (Å²) in [5.41, 5.74) is 2.87. The van der Waals surface area contributed by atoms with E-state index < -0.39 is 6.04 Å². The van der Waals surface area contributed by atoms with Crippen LogP contribution in [0.5, 0.6) is 0 Å². The molecule has 2 bridgehead atoms. The van der Waals surface area contributed by atoms with Crippen molar-refractivity contribution in [1.29, 1.82) is 0 Å². The molecule has 170 valence electrons. The van der Waals surface area contributed by atoms with Crippen molar-refractivity contribution in [3.05, 3.63) is 64.1 Å². The summed E-state index contributed by atoms with van der Waals surface area (Å²) in [4.78, 5) is 40.1. The van der Waals surface area contributed by atoms with Crippen LogP contribution in [-0.4, -0.2) is 52.5 Å². The number of carbonyl (C=O) groups is 2. The molecule has 2 aliphatic rings. The maximum Gasteiger partial charge on any atom is 0.318 e. The summed E-state index contributed by atoms with van der Waals surface area (Å²) in [5.74, 6) is 0.963. The largest absolute Gasteiger partial charge is 0.326 e. The third kappa shape index (κ3) is 5.01. The molecule has 0 spiro atoms. The van der Waals surface area contributed by atoms with Crippen LogP contribution < -0.4 is 16.2 Å². The number of fused-ring (bicyclic) bond motifs is 4. The van der Waals surface area contributed by atoms with Gasteiger partial charge in [0, 0.05) is 43.0 Å². The van der Waals surface area contributed by atoms with E-state index >= 15 is 0 Å². The van der Waals surface area contributed by atoms with Crippen LogP contribution in [0, 0.1) is 12.8 Å². The second-order valence-electron chi connectivity index (χ2n) is 8.74. The van der Waals surface area contributed by atoms with Crippen molar-refractivity contribution in [2.24, 2.45) is 5.92 Å². The molecule has 7 nitrogen and oxygen atoms in total. The van der Waals surface area contributed by atoms with E-state index in [0.29, 0.717) is 26.1 Å². The van der Waals surface area contributed by atoms with Gasteiger partial charge in [-0.1, -0.05) is 23.8 Å². The number of piperidine rings is 1. The molecule has 0 radical (unpaired) electrons. The minimum absolute atomic E-state index is 0.0278. The van der Waals surface area contributed by atoms with Crippen LogP contribution >= 0.6 is 11.8 Å². The Morgan fingerprint density at radius 1 is 1.12 bits per heavy atom. The second-order valence-corrected chi connectivity index (χ2v) is 9.73. The molecular formula is C24H30N4O3S. The number of aryl methyl sites for hydroxylation is 1. The molecule has 1 aromatic heterocycles. The third-order valence-corrected chi connectivity index (χ3v) is 6.95. The van der Waals surface area contributed by atoms with Crippen molar-refractivity contribution in [2.75, 3.05) is 30.4 Å². The number of benzene rings is 1. The first-order chi connectivity index (χ1) is 15.4. The summed E-state index contributed by atoms with van der Waals surface area (Å²) >= 11 is 1.65. The van der Waals surface area contributed by atoms with Crippen LogP contribution in [0.2, 0.25) is 0 Å². The number of amides is 3. The molecule has 0 saturated carbocycles. The molecule has 0 unspecified atom stereocenters. The average molecular weight is 455 g/mol. The molecule has 32 heavy (non-hydrogen) atoms. The van der Waals surface area contributed by atoms with E-state index in [0.717, 1.165) is 29.1 Å². The number of nitrogens with one attached hydrogen (secondary N) is 2. The number of pyridine rings is 1. The van der Waals surface area contributed by atoms with Crippen LogP contribution in [-0.2, 0) is 11.3 Å². The first kappa shape index (κ1) is 22.5. The van der Waals surface area contributed by atoms with Crippen molar-refractivity contribution < 1.29 is 9.59 Å². The van der Waals surface area contributed by atoms with Crippen LogP contribution in [0.25, 0.3) is 0 Å². The molecule has 2 aromatic rings. The molecule has 0 aliphatic carbocycles. The smallest absolute Gasteiger partial charge is 0.318 e. The molecule has 2 N–H and O–H groups in total. The Morgan fingerprint density at radius 3 is 2.66 bits per heavy atom. The number of rotatable bonds is 6. The molecule has 1 aromatic carbocycles. The van der Waals surface area contributed by atoms with E-state index in [2.05, 4.69) is 10.6 Å². The minimum Gasteiger partial charge on any atom is -0.326 e. The predicted molar refractivity (Wildman–Crippen MR) is 128 cm³/mol. The first-order valence-corrected chi connectivity index (χ1v) is 12.5. The van der Waals surface area contributed by atoms with Gasteiger partial charge in [-0.05, 0) is 55.9 Å². The number of hydrogen-bond donors (Lipinski definition) is 2. The van der Waals surface area contributed by atoms with Crippen molar-refractivity contribution >= 4 is 29.4 Å². The highest BCUT2D eigenvalue weighted by molar-refractivity contribution is 7.98. The number of anilines is 1. The zero-order valence-corrected chi connectivity index (χ0v) is 19.4. The van der Waals surface area contributed by atoms with Gasteiger partial charge in [-0.25, -0.2) is 4.79 Å². The molecule has 4 rings (SSSR count). The van der Waals surface area contributed by atoms with Crippen molar-refractivity contribution in [3.63, 3.8) is 0 Å². The topological polar surface area (TPSA) is 83.4 Å². The highest BCUT2D eigenvalue weighted by Gasteiger charge is 2.37. The fraction of sp³-hybridized carbons (Fsp3) is 0.458. The number of aromatic nitrogens is 1. The summed E-state index contributed by atoms with van der Waals surface area (Å²) < 4.78 is 1.85. The van der Waals surface area contributed by atoms with Crippen LogP contribution in [0.4, 0.5) is 10.5 Å². The number of hydrogen-bond acceptors (Lipinski definition) is 4. The van der Waals surface area contributed by atoms with Gasteiger partial charge < -0.3 is 20.1 Å². The Bertz CT molecular complexity index is 1040. The molecule has 3 atom stereocenters. The summed E-state index contributed by atoms with van der Waals surface area (Å²) in [5, 5.41) is 5.90. The highest BCUT2D eigenvalue weighted by Crippen LogP contribution is 2.34. The fourth-order valence-corrected chi connectivity index (χ4v) is 5.14. The summed E-state index contributed by atoms with van der Waals surface area (Å²) in [6.45, 7) is 3.79. The molecular weight excluding hydrogens is 424 g/mol. The quantitative estimate of drug-likeness (QED) is 0.703. The number of likely N-dealkylation sites (tertiary alicyclic amines) is 1. The van der Waals surface area contributed by atoms with E-state index in [4.69, 9.17) is 0 Å². The SMILES string of the molecule is CSCC[C@H](NC(=O)N1C[C@@H]2C[C@H](C1)c1cccc(=O)n1C2)C(=O)Nc1ccc(C)cc1. The Kier molecular flexibility index (Phi) is 6.89. The van der Waals surface area contributed by atoms with Gasteiger partial charge in [-0.3, -0.25) is 9.59 Å². The molecule has 1 fully saturated rings. The zero-order chi connectivity index (χ0) is 22.7. The lowest BCUT2D eigenvalue weighted by atomic mass is 9.83. The van der Waals surface area contributed by atoms with Crippen LogP contribution in [0.15, 0.2) is 47.3 Å². The summed E-state index contributed by atoms with van der Waals surface area (Å²) in [6.07, 6.45) is 3.53. The maximum absolute atomic E-state index is 13.1. The summed E-state index contributed by atoms with van der Waals surface area (Å²) in [6, 6.07) is 12.2. The minimum atomic E-state index is -0.604. The normalized spacial score (nSPS) is 20.2. The van der Waals surface area contributed by atoms with Crippen molar-refractivity contribution in [2.45, 2.75) is 38.3 Å². The predicted octanol–water partition coefficient (Wildman–Crippen LogP) is 3.05. The lowest BCUT2D eigenvalue weighted by molar-refractivity contribution is -0.118. The van der Waals surface area contributed by atoms with Gasteiger partial charge in [0.1, 0.15) is 6.04 Å².